The Kier molecular flexibility index (Phi) is 7.19. The van der Waals surface area contributed by atoms with Crippen molar-refractivity contribution in [2.24, 2.45) is 5.92 Å². The van der Waals surface area contributed by atoms with E-state index in [1.807, 2.05) is 4.90 Å². The molecule has 1 saturated carbocycles. The molecule has 7 nitrogen and oxygen atoms in total. The van der Waals surface area contributed by atoms with E-state index in [0.29, 0.717) is 24.6 Å². The maximum absolute atomic E-state index is 12.9. The lowest BCUT2D eigenvalue weighted by atomic mass is 9.85. The standard InChI is InChI=1S/C21H33N3O4S/c1-16(2)23-11-13-24(14-12-23)21(25)17-7-9-18(10-8-17)22-29(26,27)20-6-4-5-19(15-20)28-3/h4-6,15-18,22H,7-14H2,1-3H3. The van der Waals surface area contributed by atoms with E-state index in [1.165, 1.54) is 13.2 Å². The van der Waals surface area contributed by atoms with Crippen LogP contribution in [0.25, 0.3) is 0 Å². The van der Waals surface area contributed by atoms with Crippen LogP contribution >= 0.6 is 0 Å². The van der Waals surface area contributed by atoms with Gasteiger partial charge in [0.1, 0.15) is 5.75 Å². The van der Waals surface area contributed by atoms with Gasteiger partial charge in [-0.15, -0.1) is 0 Å². The summed E-state index contributed by atoms with van der Waals surface area (Å²) in [5, 5.41) is 0. The molecule has 2 fully saturated rings. The third-order valence-electron chi connectivity index (χ3n) is 6.11. The zero-order chi connectivity index (χ0) is 21.0. The summed E-state index contributed by atoms with van der Waals surface area (Å²) in [5.41, 5.74) is 0. The number of ether oxygens (including phenoxy) is 1. The van der Waals surface area contributed by atoms with Crippen LogP contribution in [0.3, 0.4) is 0 Å². The molecule has 1 saturated heterocycles. The molecule has 1 aromatic carbocycles. The van der Waals surface area contributed by atoms with Crippen molar-refractivity contribution < 1.29 is 17.9 Å². The van der Waals surface area contributed by atoms with E-state index in [0.717, 1.165) is 39.0 Å². The Morgan fingerprint density at radius 3 is 2.34 bits per heavy atom. The van der Waals surface area contributed by atoms with Crippen LogP contribution in [-0.2, 0) is 14.8 Å². The van der Waals surface area contributed by atoms with Crippen molar-refractivity contribution in [1.82, 2.24) is 14.5 Å². The van der Waals surface area contributed by atoms with Crippen LogP contribution in [0.2, 0.25) is 0 Å². The van der Waals surface area contributed by atoms with Crippen molar-refractivity contribution in [3.05, 3.63) is 24.3 Å². The zero-order valence-corrected chi connectivity index (χ0v) is 18.5. The molecule has 162 valence electrons. The number of piperazine rings is 1. The minimum absolute atomic E-state index is 0.0122. The number of nitrogens with one attached hydrogen (secondary N) is 1. The number of rotatable bonds is 6. The van der Waals surface area contributed by atoms with Crippen LogP contribution < -0.4 is 9.46 Å². The van der Waals surface area contributed by atoms with Crippen LogP contribution in [-0.4, -0.2) is 69.5 Å². The number of hydrogen-bond donors (Lipinski definition) is 1. The summed E-state index contributed by atoms with van der Waals surface area (Å²) in [5.74, 6) is 0.764. The Morgan fingerprint density at radius 1 is 1.10 bits per heavy atom. The highest BCUT2D eigenvalue weighted by Crippen LogP contribution is 2.28. The predicted molar refractivity (Wildman–Crippen MR) is 112 cm³/mol. The number of amides is 1. The fourth-order valence-electron chi connectivity index (χ4n) is 4.23. The van der Waals surface area contributed by atoms with E-state index in [4.69, 9.17) is 4.74 Å². The smallest absolute Gasteiger partial charge is 0.240 e. The van der Waals surface area contributed by atoms with Gasteiger partial charge in [0.05, 0.1) is 12.0 Å². The number of carbonyl (C=O) groups is 1. The fourth-order valence-corrected chi connectivity index (χ4v) is 5.57. The molecule has 2 aliphatic rings. The first-order valence-corrected chi connectivity index (χ1v) is 12.0. The molecule has 1 aliphatic carbocycles. The van der Waals surface area contributed by atoms with Gasteiger partial charge in [-0.1, -0.05) is 6.07 Å². The Morgan fingerprint density at radius 2 is 1.76 bits per heavy atom. The quantitative estimate of drug-likeness (QED) is 0.758. The topological polar surface area (TPSA) is 78.9 Å². The van der Waals surface area contributed by atoms with Gasteiger partial charge in [0.15, 0.2) is 0 Å². The van der Waals surface area contributed by atoms with E-state index < -0.39 is 10.0 Å². The highest BCUT2D eigenvalue weighted by Gasteiger charge is 2.32. The molecule has 0 aromatic heterocycles. The molecule has 1 N–H and O–H groups in total. The van der Waals surface area contributed by atoms with Gasteiger partial charge in [0, 0.05) is 50.2 Å². The average molecular weight is 424 g/mol. The van der Waals surface area contributed by atoms with Gasteiger partial charge in [-0.05, 0) is 51.7 Å². The lowest BCUT2D eigenvalue weighted by Crippen LogP contribution is -2.52. The molecule has 29 heavy (non-hydrogen) atoms. The lowest BCUT2D eigenvalue weighted by molar-refractivity contribution is -0.138. The second-order valence-electron chi connectivity index (χ2n) is 8.30. The van der Waals surface area contributed by atoms with E-state index in [9.17, 15) is 13.2 Å². The highest BCUT2D eigenvalue weighted by atomic mass is 32.2. The second kappa shape index (κ2) is 9.45. The third kappa shape index (κ3) is 5.49. The molecular formula is C21H33N3O4S. The molecule has 3 rings (SSSR count). The largest absolute Gasteiger partial charge is 0.497 e. The number of benzene rings is 1. The van der Waals surface area contributed by atoms with Crippen LogP contribution in [0.1, 0.15) is 39.5 Å². The summed E-state index contributed by atoms with van der Waals surface area (Å²) in [4.78, 5) is 17.5. The SMILES string of the molecule is COc1cccc(S(=O)(=O)NC2CCC(C(=O)N3CCN(C(C)C)CC3)CC2)c1. The van der Waals surface area contributed by atoms with Crippen LogP contribution in [0, 0.1) is 5.92 Å². The third-order valence-corrected chi connectivity index (χ3v) is 7.62. The van der Waals surface area contributed by atoms with Crippen molar-refractivity contribution in [3.8, 4) is 5.75 Å². The first-order valence-electron chi connectivity index (χ1n) is 10.5. The Balaban J connectivity index is 1.50. The average Bonchev–Trinajstić information content (AvgIpc) is 2.73. The van der Waals surface area contributed by atoms with E-state index in [1.54, 1.807) is 18.2 Å². The zero-order valence-electron chi connectivity index (χ0n) is 17.6. The monoisotopic (exact) mass is 423 g/mol. The van der Waals surface area contributed by atoms with Gasteiger partial charge in [0.2, 0.25) is 15.9 Å². The number of carbonyl (C=O) groups excluding carboxylic acids is 1. The van der Waals surface area contributed by atoms with E-state index in [-0.39, 0.29) is 22.8 Å². The van der Waals surface area contributed by atoms with Crippen molar-refractivity contribution in [2.75, 3.05) is 33.3 Å². The first kappa shape index (κ1) is 22.1. The van der Waals surface area contributed by atoms with Gasteiger partial charge in [-0.25, -0.2) is 13.1 Å². The minimum atomic E-state index is -3.60. The molecule has 0 spiro atoms. The maximum Gasteiger partial charge on any atom is 0.240 e. The number of methoxy groups -OCH3 is 1. The normalized spacial score (nSPS) is 23.9. The first-order chi connectivity index (χ1) is 13.8. The molecule has 0 atom stereocenters. The van der Waals surface area contributed by atoms with Gasteiger partial charge >= 0.3 is 0 Å². The van der Waals surface area contributed by atoms with Crippen LogP contribution in [0.15, 0.2) is 29.2 Å². The van der Waals surface area contributed by atoms with Crippen molar-refractivity contribution in [1.29, 1.82) is 0 Å². The van der Waals surface area contributed by atoms with E-state index in [2.05, 4.69) is 23.5 Å². The van der Waals surface area contributed by atoms with Crippen molar-refractivity contribution in [3.63, 3.8) is 0 Å². The molecule has 8 heteroatoms. The minimum Gasteiger partial charge on any atom is -0.497 e. The summed E-state index contributed by atoms with van der Waals surface area (Å²) in [6.45, 7) is 7.81. The number of hydrogen-bond acceptors (Lipinski definition) is 5. The Bertz CT molecular complexity index is 796. The summed E-state index contributed by atoms with van der Waals surface area (Å²) in [7, 11) is -2.08. The summed E-state index contributed by atoms with van der Waals surface area (Å²) in [6, 6.07) is 6.86. The molecule has 1 heterocycles. The molecule has 1 aliphatic heterocycles. The number of sulfonamides is 1. The molecule has 0 radical (unpaired) electrons. The van der Waals surface area contributed by atoms with Gasteiger partial charge in [-0.2, -0.15) is 0 Å². The van der Waals surface area contributed by atoms with Gasteiger partial charge in [-0.3, -0.25) is 9.69 Å². The molecule has 1 amide bonds. The molecule has 0 unspecified atom stereocenters. The van der Waals surface area contributed by atoms with Gasteiger partial charge < -0.3 is 9.64 Å². The molecular weight excluding hydrogens is 390 g/mol. The highest BCUT2D eigenvalue weighted by molar-refractivity contribution is 7.89. The lowest BCUT2D eigenvalue weighted by Gasteiger charge is -2.39. The van der Waals surface area contributed by atoms with Crippen molar-refractivity contribution in [2.45, 2.75) is 56.5 Å². The maximum atomic E-state index is 12.9. The number of nitrogens with zero attached hydrogens (tertiary/aromatic N) is 2. The Labute approximate surface area is 174 Å². The Hall–Kier alpha value is -1.64. The summed E-state index contributed by atoms with van der Waals surface area (Å²) < 4.78 is 33.3. The molecule has 0 bridgehead atoms. The van der Waals surface area contributed by atoms with Crippen molar-refractivity contribution >= 4 is 15.9 Å². The van der Waals surface area contributed by atoms with E-state index >= 15 is 0 Å². The predicted octanol–water partition coefficient (Wildman–Crippen LogP) is 2.08. The summed E-state index contributed by atoms with van der Waals surface area (Å²) >= 11 is 0. The fraction of sp³-hybridized carbons (Fsp3) is 0.667. The second-order valence-corrected chi connectivity index (χ2v) is 10.0. The van der Waals surface area contributed by atoms with Crippen LogP contribution in [0.5, 0.6) is 5.75 Å². The summed E-state index contributed by atoms with van der Waals surface area (Å²) in [6.07, 6.45) is 2.83. The van der Waals surface area contributed by atoms with Crippen LogP contribution in [0.4, 0.5) is 0 Å². The molecule has 1 aromatic rings. The van der Waals surface area contributed by atoms with Gasteiger partial charge in [0.25, 0.3) is 0 Å².